The van der Waals surface area contributed by atoms with Crippen molar-refractivity contribution in [3.63, 3.8) is 0 Å². The molecule has 1 aromatic carbocycles. The number of nitrogen functional groups attached to an aromatic ring is 1. The Morgan fingerprint density at radius 1 is 1.62 bits per heavy atom. The molecule has 0 fully saturated rings. The summed E-state index contributed by atoms with van der Waals surface area (Å²) in [6.07, 6.45) is 0. The lowest BCUT2D eigenvalue weighted by Gasteiger charge is -2.28. The van der Waals surface area contributed by atoms with Crippen molar-refractivity contribution in [2.24, 2.45) is 0 Å². The number of carbonyl (C=O) groups is 1. The number of hydrogen-bond acceptors (Lipinski definition) is 4. The zero-order chi connectivity index (χ0) is 11.7. The highest BCUT2D eigenvalue weighted by molar-refractivity contribution is 5.96. The molecule has 0 aromatic heterocycles. The average molecular weight is 226 g/mol. The molecule has 86 valence electrons. The third kappa shape index (κ3) is 1.67. The Bertz CT molecular complexity index is 436. The molecule has 2 N–H and O–H groups in total. The smallest absolute Gasteiger partial charge is 0.288 e. The van der Waals surface area contributed by atoms with Crippen LogP contribution in [0.4, 0.5) is 15.8 Å². The van der Waals surface area contributed by atoms with Crippen LogP contribution in [0.3, 0.4) is 0 Å². The standard InChI is InChI=1S/C10H11FN2O3/c1-2-16-13-8-4-7(12)6(11)3-9(8)15-5-10(13)14/h3-4H,2,5,12H2,1H3. The lowest BCUT2D eigenvalue weighted by Crippen LogP contribution is -2.38. The second-order valence-corrected chi connectivity index (χ2v) is 3.24. The van der Waals surface area contributed by atoms with E-state index in [0.29, 0.717) is 12.3 Å². The van der Waals surface area contributed by atoms with Gasteiger partial charge in [-0.05, 0) is 13.0 Å². The van der Waals surface area contributed by atoms with Gasteiger partial charge in [0.25, 0.3) is 5.91 Å². The van der Waals surface area contributed by atoms with Crippen LogP contribution in [0.15, 0.2) is 12.1 Å². The average Bonchev–Trinajstić information content (AvgIpc) is 2.25. The summed E-state index contributed by atoms with van der Waals surface area (Å²) in [5.74, 6) is -0.676. The predicted octanol–water partition coefficient (Wildman–Crippen LogP) is 1.08. The number of nitrogens with zero attached hydrogens (tertiary/aromatic N) is 1. The van der Waals surface area contributed by atoms with E-state index in [1.807, 2.05) is 0 Å². The van der Waals surface area contributed by atoms with Gasteiger partial charge in [-0.15, -0.1) is 0 Å². The number of hydroxylamine groups is 1. The summed E-state index contributed by atoms with van der Waals surface area (Å²) in [7, 11) is 0. The highest BCUT2D eigenvalue weighted by Crippen LogP contribution is 2.35. The minimum Gasteiger partial charge on any atom is -0.481 e. The van der Waals surface area contributed by atoms with Crippen molar-refractivity contribution in [1.82, 2.24) is 0 Å². The number of ether oxygens (including phenoxy) is 1. The Kier molecular flexibility index (Phi) is 2.66. The van der Waals surface area contributed by atoms with Gasteiger partial charge in [-0.25, -0.2) is 4.39 Å². The number of amides is 1. The highest BCUT2D eigenvalue weighted by Gasteiger charge is 2.27. The zero-order valence-corrected chi connectivity index (χ0v) is 8.70. The predicted molar refractivity (Wildman–Crippen MR) is 55.4 cm³/mol. The van der Waals surface area contributed by atoms with Crippen LogP contribution in [0, 0.1) is 5.82 Å². The fourth-order valence-corrected chi connectivity index (χ4v) is 1.44. The fraction of sp³-hybridized carbons (Fsp3) is 0.300. The Hall–Kier alpha value is -1.82. The zero-order valence-electron chi connectivity index (χ0n) is 8.70. The van der Waals surface area contributed by atoms with E-state index in [4.69, 9.17) is 15.3 Å². The summed E-state index contributed by atoms with van der Waals surface area (Å²) in [6.45, 7) is 1.90. The maximum atomic E-state index is 13.2. The first-order chi connectivity index (χ1) is 7.63. The van der Waals surface area contributed by atoms with Crippen molar-refractivity contribution in [3.05, 3.63) is 17.9 Å². The minimum atomic E-state index is -0.579. The van der Waals surface area contributed by atoms with E-state index in [1.165, 1.54) is 6.07 Å². The van der Waals surface area contributed by atoms with Crippen molar-refractivity contribution in [2.45, 2.75) is 6.92 Å². The van der Waals surface area contributed by atoms with Crippen LogP contribution in [-0.4, -0.2) is 19.1 Å². The maximum absolute atomic E-state index is 13.2. The molecule has 1 aromatic rings. The molecule has 0 saturated carbocycles. The molecule has 1 aliphatic heterocycles. The van der Waals surface area contributed by atoms with E-state index in [9.17, 15) is 9.18 Å². The molecule has 6 heteroatoms. The van der Waals surface area contributed by atoms with Gasteiger partial charge in [-0.1, -0.05) is 0 Å². The topological polar surface area (TPSA) is 64.8 Å². The lowest BCUT2D eigenvalue weighted by atomic mass is 10.2. The summed E-state index contributed by atoms with van der Waals surface area (Å²) in [4.78, 5) is 16.6. The first kappa shape index (κ1) is 10.7. The van der Waals surface area contributed by atoms with Gasteiger partial charge in [0, 0.05) is 6.07 Å². The van der Waals surface area contributed by atoms with Crippen LogP contribution in [0.1, 0.15) is 6.92 Å². The van der Waals surface area contributed by atoms with Gasteiger partial charge in [0.2, 0.25) is 0 Å². The van der Waals surface area contributed by atoms with Gasteiger partial charge in [-0.2, -0.15) is 5.06 Å². The van der Waals surface area contributed by atoms with Crippen molar-refractivity contribution < 1.29 is 18.8 Å². The van der Waals surface area contributed by atoms with Crippen LogP contribution in [0.2, 0.25) is 0 Å². The van der Waals surface area contributed by atoms with Crippen LogP contribution in [0.5, 0.6) is 5.75 Å². The maximum Gasteiger partial charge on any atom is 0.288 e. The van der Waals surface area contributed by atoms with Crippen LogP contribution in [-0.2, 0) is 9.63 Å². The monoisotopic (exact) mass is 226 g/mol. The first-order valence-corrected chi connectivity index (χ1v) is 4.81. The number of anilines is 2. The van der Waals surface area contributed by atoms with E-state index >= 15 is 0 Å². The Labute approximate surface area is 91.5 Å². The Morgan fingerprint density at radius 2 is 2.38 bits per heavy atom. The molecule has 0 radical (unpaired) electrons. The molecule has 2 rings (SSSR count). The number of nitrogens with two attached hydrogens (primary N) is 1. The summed E-state index contributed by atoms with van der Waals surface area (Å²) < 4.78 is 18.2. The van der Waals surface area contributed by atoms with Gasteiger partial charge in [-0.3, -0.25) is 9.63 Å². The number of rotatable bonds is 2. The molecule has 0 unspecified atom stereocenters. The Morgan fingerprint density at radius 3 is 3.06 bits per heavy atom. The molecular weight excluding hydrogens is 215 g/mol. The van der Waals surface area contributed by atoms with Crippen molar-refractivity contribution in [3.8, 4) is 5.75 Å². The van der Waals surface area contributed by atoms with Gasteiger partial charge in [0.1, 0.15) is 17.3 Å². The fourth-order valence-electron chi connectivity index (χ4n) is 1.44. The molecule has 0 bridgehead atoms. The van der Waals surface area contributed by atoms with E-state index in [0.717, 1.165) is 11.1 Å². The quantitative estimate of drug-likeness (QED) is 0.766. The van der Waals surface area contributed by atoms with Crippen molar-refractivity contribution >= 4 is 17.3 Å². The molecule has 0 spiro atoms. The van der Waals surface area contributed by atoms with Crippen LogP contribution in [0.25, 0.3) is 0 Å². The third-order valence-electron chi connectivity index (χ3n) is 2.13. The normalized spacial score (nSPS) is 14.6. The molecule has 0 aliphatic carbocycles. The molecule has 16 heavy (non-hydrogen) atoms. The molecule has 5 nitrogen and oxygen atoms in total. The van der Waals surface area contributed by atoms with E-state index < -0.39 is 5.82 Å². The summed E-state index contributed by atoms with van der Waals surface area (Å²) in [5, 5.41) is 1.08. The van der Waals surface area contributed by atoms with Crippen LogP contribution < -0.4 is 15.5 Å². The number of fused-ring (bicyclic) bond motifs is 1. The van der Waals surface area contributed by atoms with Gasteiger partial charge >= 0.3 is 0 Å². The van der Waals surface area contributed by atoms with Gasteiger partial charge in [0.05, 0.1) is 12.3 Å². The van der Waals surface area contributed by atoms with E-state index in [2.05, 4.69) is 0 Å². The second-order valence-electron chi connectivity index (χ2n) is 3.24. The first-order valence-electron chi connectivity index (χ1n) is 4.81. The molecule has 1 heterocycles. The lowest BCUT2D eigenvalue weighted by molar-refractivity contribution is -0.129. The van der Waals surface area contributed by atoms with Crippen LogP contribution >= 0.6 is 0 Å². The number of benzene rings is 1. The highest BCUT2D eigenvalue weighted by atomic mass is 19.1. The molecule has 1 aliphatic rings. The molecule has 0 atom stereocenters. The molecular formula is C10H11FN2O3. The largest absolute Gasteiger partial charge is 0.481 e. The van der Waals surface area contributed by atoms with Crippen molar-refractivity contribution in [1.29, 1.82) is 0 Å². The van der Waals surface area contributed by atoms with E-state index in [1.54, 1.807) is 6.92 Å². The van der Waals surface area contributed by atoms with E-state index in [-0.39, 0.29) is 24.0 Å². The summed E-state index contributed by atoms with van der Waals surface area (Å²) in [6, 6.07) is 2.46. The van der Waals surface area contributed by atoms with Gasteiger partial charge in [0.15, 0.2) is 6.61 Å². The third-order valence-corrected chi connectivity index (χ3v) is 2.13. The minimum absolute atomic E-state index is 0.0539. The number of halogens is 1. The van der Waals surface area contributed by atoms with Crippen molar-refractivity contribution in [2.75, 3.05) is 24.0 Å². The molecule has 1 amide bonds. The van der Waals surface area contributed by atoms with Gasteiger partial charge < -0.3 is 10.5 Å². The SMILES string of the molecule is CCON1C(=O)COc2cc(F)c(N)cc21. The number of carbonyl (C=O) groups excluding carboxylic acids is 1. The molecule has 0 saturated heterocycles. The number of hydrogen-bond donors (Lipinski definition) is 1. The second kappa shape index (κ2) is 3.97. The summed E-state index contributed by atoms with van der Waals surface area (Å²) >= 11 is 0. The summed E-state index contributed by atoms with van der Waals surface area (Å²) in [5.41, 5.74) is 5.70. The Balaban J connectivity index is 2.46.